The highest BCUT2D eigenvalue weighted by Crippen LogP contribution is 2.11. The van der Waals surface area contributed by atoms with E-state index in [0.717, 1.165) is 17.8 Å². The van der Waals surface area contributed by atoms with Crippen LogP contribution in [0.2, 0.25) is 0 Å². The van der Waals surface area contributed by atoms with Gasteiger partial charge in [0, 0.05) is 33.0 Å². The van der Waals surface area contributed by atoms with E-state index in [2.05, 4.69) is 10.2 Å². The highest BCUT2D eigenvalue weighted by atomic mass is 16.5. The van der Waals surface area contributed by atoms with Crippen molar-refractivity contribution in [1.82, 2.24) is 15.1 Å². The fraction of sp³-hybridized carbons (Fsp3) is 0.636. The maximum atomic E-state index is 12.1. The first kappa shape index (κ1) is 12.7. The first-order valence-corrected chi connectivity index (χ1v) is 5.34. The smallest absolute Gasteiger partial charge is 0.257 e. The van der Waals surface area contributed by atoms with Crippen LogP contribution in [0.15, 0.2) is 0 Å². The minimum Gasteiger partial charge on any atom is -0.385 e. The van der Waals surface area contributed by atoms with Crippen LogP contribution in [-0.2, 0) is 4.74 Å². The van der Waals surface area contributed by atoms with Crippen molar-refractivity contribution in [2.24, 2.45) is 0 Å². The van der Waals surface area contributed by atoms with Crippen molar-refractivity contribution in [2.75, 3.05) is 27.3 Å². The standard InChI is InChI=1S/C11H19N3O2/c1-8-10(9(2)13-12-8)11(15)14(3)6-5-7-16-4/h5-7H2,1-4H3,(H,12,13). The van der Waals surface area contributed by atoms with Crippen LogP contribution in [0, 0.1) is 13.8 Å². The van der Waals surface area contributed by atoms with Gasteiger partial charge >= 0.3 is 0 Å². The van der Waals surface area contributed by atoms with E-state index >= 15 is 0 Å². The molecule has 0 aliphatic heterocycles. The predicted octanol–water partition coefficient (Wildman–Crippen LogP) is 1.14. The van der Waals surface area contributed by atoms with Crippen molar-refractivity contribution in [2.45, 2.75) is 20.3 Å². The molecule has 1 N–H and O–H groups in total. The number of hydrogen-bond acceptors (Lipinski definition) is 3. The zero-order valence-corrected chi connectivity index (χ0v) is 10.3. The molecule has 0 saturated carbocycles. The summed E-state index contributed by atoms with van der Waals surface area (Å²) in [7, 11) is 3.45. The van der Waals surface area contributed by atoms with Gasteiger partial charge in [-0.2, -0.15) is 5.10 Å². The van der Waals surface area contributed by atoms with Crippen molar-refractivity contribution in [1.29, 1.82) is 0 Å². The molecule has 0 saturated heterocycles. The molecule has 0 bridgehead atoms. The highest BCUT2D eigenvalue weighted by Gasteiger charge is 2.18. The van der Waals surface area contributed by atoms with Gasteiger partial charge in [-0.3, -0.25) is 9.89 Å². The largest absolute Gasteiger partial charge is 0.385 e. The van der Waals surface area contributed by atoms with Crippen LogP contribution >= 0.6 is 0 Å². The summed E-state index contributed by atoms with van der Waals surface area (Å²) in [5, 5.41) is 6.84. The fourth-order valence-corrected chi connectivity index (χ4v) is 1.60. The quantitative estimate of drug-likeness (QED) is 0.764. The number of nitrogens with one attached hydrogen (secondary N) is 1. The zero-order valence-electron chi connectivity index (χ0n) is 10.3. The number of aromatic amines is 1. The van der Waals surface area contributed by atoms with Crippen molar-refractivity contribution < 1.29 is 9.53 Å². The van der Waals surface area contributed by atoms with Gasteiger partial charge in [0.15, 0.2) is 0 Å². The van der Waals surface area contributed by atoms with E-state index in [1.165, 1.54) is 0 Å². The number of H-pyrrole nitrogens is 1. The van der Waals surface area contributed by atoms with E-state index in [-0.39, 0.29) is 5.91 Å². The molecule has 5 heteroatoms. The van der Waals surface area contributed by atoms with Gasteiger partial charge in [-0.1, -0.05) is 0 Å². The van der Waals surface area contributed by atoms with E-state index in [4.69, 9.17) is 4.74 Å². The Hall–Kier alpha value is -1.36. The molecule has 0 atom stereocenters. The van der Waals surface area contributed by atoms with Crippen LogP contribution in [0.5, 0.6) is 0 Å². The number of rotatable bonds is 5. The first-order chi connectivity index (χ1) is 7.57. The Morgan fingerprint density at radius 1 is 1.50 bits per heavy atom. The SMILES string of the molecule is COCCCN(C)C(=O)c1c(C)n[nH]c1C. The molecule has 16 heavy (non-hydrogen) atoms. The van der Waals surface area contributed by atoms with Crippen LogP contribution in [0.3, 0.4) is 0 Å². The van der Waals surface area contributed by atoms with Crippen LogP contribution < -0.4 is 0 Å². The van der Waals surface area contributed by atoms with Crippen molar-refractivity contribution in [3.8, 4) is 0 Å². The molecular formula is C11H19N3O2. The Morgan fingerprint density at radius 2 is 2.19 bits per heavy atom. The minimum atomic E-state index is 0.0138. The van der Waals surface area contributed by atoms with Gasteiger partial charge in [0.25, 0.3) is 5.91 Å². The molecule has 5 nitrogen and oxygen atoms in total. The van der Waals surface area contributed by atoms with E-state index in [0.29, 0.717) is 18.7 Å². The molecule has 1 aromatic heterocycles. The van der Waals surface area contributed by atoms with Gasteiger partial charge in [0.1, 0.15) is 0 Å². The summed E-state index contributed by atoms with van der Waals surface area (Å²) in [4.78, 5) is 13.8. The third-order valence-corrected chi connectivity index (χ3v) is 2.53. The number of hydrogen-bond donors (Lipinski definition) is 1. The Labute approximate surface area is 95.8 Å². The third kappa shape index (κ3) is 2.82. The summed E-state index contributed by atoms with van der Waals surface area (Å²) in [6, 6.07) is 0. The average Bonchev–Trinajstić information content (AvgIpc) is 2.58. The van der Waals surface area contributed by atoms with Gasteiger partial charge in [0.2, 0.25) is 0 Å². The summed E-state index contributed by atoms with van der Waals surface area (Å²) in [6.45, 7) is 5.05. The second kappa shape index (κ2) is 5.65. The molecule has 0 aliphatic carbocycles. The van der Waals surface area contributed by atoms with E-state index in [9.17, 15) is 4.79 Å². The molecule has 90 valence electrons. The number of amides is 1. The molecule has 0 spiro atoms. The molecule has 0 radical (unpaired) electrons. The Kier molecular flexibility index (Phi) is 4.49. The molecule has 1 amide bonds. The maximum absolute atomic E-state index is 12.1. The highest BCUT2D eigenvalue weighted by molar-refractivity contribution is 5.96. The summed E-state index contributed by atoms with van der Waals surface area (Å²) in [5.41, 5.74) is 2.25. The molecule has 1 rings (SSSR count). The zero-order chi connectivity index (χ0) is 12.1. The fourth-order valence-electron chi connectivity index (χ4n) is 1.60. The second-order valence-electron chi connectivity index (χ2n) is 3.88. The number of ether oxygens (including phenoxy) is 1. The topological polar surface area (TPSA) is 58.2 Å². The van der Waals surface area contributed by atoms with E-state index in [1.807, 2.05) is 13.8 Å². The van der Waals surface area contributed by atoms with E-state index < -0.39 is 0 Å². The molecular weight excluding hydrogens is 206 g/mol. The monoisotopic (exact) mass is 225 g/mol. The number of nitrogens with zero attached hydrogens (tertiary/aromatic N) is 2. The molecule has 1 heterocycles. The van der Waals surface area contributed by atoms with Crippen LogP contribution in [-0.4, -0.2) is 48.3 Å². The average molecular weight is 225 g/mol. The number of aromatic nitrogens is 2. The Bertz CT molecular complexity index is 341. The lowest BCUT2D eigenvalue weighted by molar-refractivity contribution is 0.0778. The molecule has 0 aromatic carbocycles. The third-order valence-electron chi connectivity index (χ3n) is 2.53. The molecule has 0 aliphatic rings. The van der Waals surface area contributed by atoms with Gasteiger partial charge < -0.3 is 9.64 Å². The van der Waals surface area contributed by atoms with Gasteiger partial charge in [-0.25, -0.2) is 0 Å². The van der Waals surface area contributed by atoms with Crippen molar-refractivity contribution in [3.63, 3.8) is 0 Å². The molecule has 1 aromatic rings. The summed E-state index contributed by atoms with van der Waals surface area (Å²) < 4.78 is 4.95. The lowest BCUT2D eigenvalue weighted by Gasteiger charge is -2.16. The number of aryl methyl sites for hydroxylation is 2. The summed E-state index contributed by atoms with van der Waals surface area (Å²) >= 11 is 0. The second-order valence-corrected chi connectivity index (χ2v) is 3.88. The predicted molar refractivity (Wildman–Crippen MR) is 61.5 cm³/mol. The Morgan fingerprint density at radius 3 is 2.69 bits per heavy atom. The van der Waals surface area contributed by atoms with Crippen molar-refractivity contribution >= 4 is 5.91 Å². The van der Waals surface area contributed by atoms with Gasteiger partial charge in [0.05, 0.1) is 11.3 Å². The summed E-state index contributed by atoms with van der Waals surface area (Å²) in [5.74, 6) is 0.0138. The van der Waals surface area contributed by atoms with E-state index in [1.54, 1.807) is 19.1 Å². The van der Waals surface area contributed by atoms with Gasteiger partial charge in [-0.05, 0) is 20.3 Å². The van der Waals surface area contributed by atoms with Crippen LogP contribution in [0.1, 0.15) is 28.2 Å². The summed E-state index contributed by atoms with van der Waals surface area (Å²) in [6.07, 6.45) is 0.842. The number of carbonyl (C=O) groups is 1. The number of methoxy groups -OCH3 is 1. The van der Waals surface area contributed by atoms with Crippen molar-refractivity contribution in [3.05, 3.63) is 17.0 Å². The normalized spacial score (nSPS) is 10.5. The maximum Gasteiger partial charge on any atom is 0.257 e. The lowest BCUT2D eigenvalue weighted by Crippen LogP contribution is -2.29. The minimum absolute atomic E-state index is 0.0138. The van der Waals surface area contributed by atoms with Crippen LogP contribution in [0.4, 0.5) is 0 Å². The lowest BCUT2D eigenvalue weighted by atomic mass is 10.1. The van der Waals surface area contributed by atoms with Gasteiger partial charge in [-0.15, -0.1) is 0 Å². The first-order valence-electron chi connectivity index (χ1n) is 5.34. The molecule has 0 fully saturated rings. The molecule has 0 unspecified atom stereocenters. The Balaban J connectivity index is 2.63. The number of carbonyl (C=O) groups excluding carboxylic acids is 1. The van der Waals surface area contributed by atoms with Crippen LogP contribution in [0.25, 0.3) is 0 Å².